The summed E-state index contributed by atoms with van der Waals surface area (Å²) in [5, 5.41) is 2.78. The highest BCUT2D eigenvalue weighted by Gasteiger charge is 2.17. The van der Waals surface area contributed by atoms with Crippen LogP contribution in [0.1, 0.15) is 15.9 Å². The molecule has 0 heterocycles. The summed E-state index contributed by atoms with van der Waals surface area (Å²) < 4.78 is 33.9. The van der Waals surface area contributed by atoms with Gasteiger partial charge in [-0.25, -0.2) is 8.42 Å². The fourth-order valence-electron chi connectivity index (χ4n) is 2.60. The molecule has 0 atom stereocenters. The van der Waals surface area contributed by atoms with Crippen LogP contribution in [0.25, 0.3) is 0 Å². The second kappa shape index (κ2) is 8.67. The Labute approximate surface area is 178 Å². The number of carbonyl (C=O) groups is 1. The predicted molar refractivity (Wildman–Crippen MR) is 117 cm³/mol. The normalized spacial score (nSPS) is 11.0. The Morgan fingerprint density at radius 3 is 2.31 bits per heavy atom. The van der Waals surface area contributed by atoms with Crippen molar-refractivity contribution in [1.29, 1.82) is 0 Å². The summed E-state index contributed by atoms with van der Waals surface area (Å²) in [6.45, 7) is 1.91. The van der Waals surface area contributed by atoms with E-state index in [-0.39, 0.29) is 10.5 Å². The minimum absolute atomic E-state index is 0.00652. The number of hydrogen-bond donors (Lipinski definition) is 2. The summed E-state index contributed by atoms with van der Waals surface area (Å²) in [6.07, 6.45) is 0. The third-order valence-electron chi connectivity index (χ3n) is 4.16. The maximum Gasteiger partial charge on any atom is 0.261 e. The van der Waals surface area contributed by atoms with Crippen molar-refractivity contribution in [2.75, 3.05) is 17.1 Å². The van der Waals surface area contributed by atoms with Crippen molar-refractivity contribution in [1.82, 2.24) is 0 Å². The van der Waals surface area contributed by atoms with Crippen LogP contribution in [0, 0.1) is 6.92 Å². The van der Waals surface area contributed by atoms with Crippen molar-refractivity contribution in [3.05, 3.63) is 82.3 Å². The number of halogens is 1. The largest absolute Gasteiger partial charge is 0.497 e. The number of benzene rings is 3. The van der Waals surface area contributed by atoms with Gasteiger partial charge in [0.15, 0.2) is 0 Å². The molecule has 6 nitrogen and oxygen atoms in total. The lowest BCUT2D eigenvalue weighted by atomic mass is 10.2. The molecule has 0 unspecified atom stereocenters. The van der Waals surface area contributed by atoms with Gasteiger partial charge >= 0.3 is 0 Å². The van der Waals surface area contributed by atoms with Crippen molar-refractivity contribution < 1.29 is 17.9 Å². The van der Waals surface area contributed by atoms with E-state index in [4.69, 9.17) is 4.74 Å². The van der Waals surface area contributed by atoms with Gasteiger partial charge < -0.3 is 10.1 Å². The zero-order valence-corrected chi connectivity index (χ0v) is 18.2. The molecule has 0 spiro atoms. The van der Waals surface area contributed by atoms with Crippen molar-refractivity contribution >= 4 is 43.2 Å². The molecule has 0 aliphatic carbocycles. The van der Waals surface area contributed by atoms with Crippen molar-refractivity contribution in [2.45, 2.75) is 11.8 Å². The van der Waals surface area contributed by atoms with Gasteiger partial charge in [-0.3, -0.25) is 9.52 Å². The summed E-state index contributed by atoms with van der Waals surface area (Å²) in [6, 6.07) is 17.8. The van der Waals surface area contributed by atoms with Gasteiger partial charge in [0, 0.05) is 21.4 Å². The highest BCUT2D eigenvalue weighted by molar-refractivity contribution is 9.10. The van der Waals surface area contributed by atoms with E-state index in [9.17, 15) is 13.2 Å². The molecule has 0 saturated heterocycles. The first-order valence-electron chi connectivity index (χ1n) is 8.63. The lowest BCUT2D eigenvalue weighted by molar-refractivity contribution is 0.102. The van der Waals surface area contributed by atoms with Gasteiger partial charge in [0.05, 0.1) is 12.0 Å². The van der Waals surface area contributed by atoms with Gasteiger partial charge in [-0.15, -0.1) is 0 Å². The van der Waals surface area contributed by atoms with Gasteiger partial charge in [-0.1, -0.05) is 22.0 Å². The maximum absolute atomic E-state index is 12.7. The van der Waals surface area contributed by atoms with E-state index < -0.39 is 15.9 Å². The first-order chi connectivity index (χ1) is 13.8. The van der Waals surface area contributed by atoms with Crippen LogP contribution in [0.4, 0.5) is 11.4 Å². The first-order valence-corrected chi connectivity index (χ1v) is 10.9. The zero-order valence-electron chi connectivity index (χ0n) is 15.8. The third kappa shape index (κ3) is 5.16. The van der Waals surface area contributed by atoms with Gasteiger partial charge in [-0.2, -0.15) is 0 Å². The fraction of sp³-hybridized carbons (Fsp3) is 0.0952. The number of ether oxygens (including phenoxy) is 1. The van der Waals surface area contributed by atoms with Crippen LogP contribution in [0.3, 0.4) is 0 Å². The summed E-state index contributed by atoms with van der Waals surface area (Å²) in [7, 11) is -2.32. The van der Waals surface area contributed by atoms with E-state index in [1.165, 1.54) is 25.3 Å². The molecular weight excluding hydrogens is 456 g/mol. The number of nitrogens with one attached hydrogen (secondary N) is 2. The molecule has 0 saturated carbocycles. The Kier molecular flexibility index (Phi) is 6.24. The minimum atomic E-state index is -3.85. The number of methoxy groups -OCH3 is 1. The Morgan fingerprint density at radius 1 is 0.966 bits per heavy atom. The minimum Gasteiger partial charge on any atom is -0.497 e. The van der Waals surface area contributed by atoms with E-state index in [1.807, 2.05) is 19.1 Å². The first kappa shape index (κ1) is 20.9. The fourth-order valence-corrected chi connectivity index (χ4v) is 3.95. The van der Waals surface area contributed by atoms with Crippen LogP contribution in [-0.4, -0.2) is 21.4 Å². The molecule has 3 aromatic rings. The lowest BCUT2D eigenvalue weighted by Gasteiger charge is -2.11. The Hall–Kier alpha value is -2.84. The molecule has 0 bridgehead atoms. The summed E-state index contributed by atoms with van der Waals surface area (Å²) in [4.78, 5) is 12.6. The molecule has 8 heteroatoms. The van der Waals surface area contributed by atoms with E-state index in [1.54, 1.807) is 36.4 Å². The smallest absolute Gasteiger partial charge is 0.261 e. The maximum atomic E-state index is 12.7. The SMILES string of the molecule is COc1ccc(NS(=O)(=O)c2cccc(C(=O)Nc3ccc(Br)c(C)c3)c2)cc1. The van der Waals surface area contributed by atoms with Gasteiger partial charge in [0.2, 0.25) is 0 Å². The average Bonchev–Trinajstić information content (AvgIpc) is 2.71. The quantitative estimate of drug-likeness (QED) is 0.536. The number of anilines is 2. The monoisotopic (exact) mass is 474 g/mol. The number of sulfonamides is 1. The highest BCUT2D eigenvalue weighted by atomic mass is 79.9. The summed E-state index contributed by atoms with van der Waals surface area (Å²) in [5.41, 5.74) is 2.23. The van der Waals surface area contributed by atoms with Gasteiger partial charge in [-0.05, 0) is 73.2 Å². The number of rotatable bonds is 6. The Morgan fingerprint density at radius 2 is 1.66 bits per heavy atom. The van der Waals surface area contributed by atoms with Crippen molar-refractivity contribution in [3.63, 3.8) is 0 Å². The Balaban J connectivity index is 1.79. The summed E-state index contributed by atoms with van der Waals surface area (Å²) >= 11 is 3.41. The lowest BCUT2D eigenvalue weighted by Crippen LogP contribution is -2.16. The molecule has 0 aliphatic heterocycles. The van der Waals surface area contributed by atoms with Gasteiger partial charge in [0.1, 0.15) is 5.75 Å². The molecule has 1 amide bonds. The molecule has 150 valence electrons. The molecular formula is C21H19BrN2O4S. The van der Waals surface area contributed by atoms with Crippen LogP contribution < -0.4 is 14.8 Å². The number of aryl methyl sites for hydroxylation is 1. The van der Waals surface area contributed by atoms with E-state index >= 15 is 0 Å². The molecule has 0 aromatic heterocycles. The zero-order chi connectivity index (χ0) is 21.0. The van der Waals surface area contributed by atoms with E-state index in [0.29, 0.717) is 17.1 Å². The second-order valence-electron chi connectivity index (χ2n) is 6.28. The summed E-state index contributed by atoms with van der Waals surface area (Å²) in [5.74, 6) is 0.225. The van der Waals surface area contributed by atoms with Crippen LogP contribution in [0.5, 0.6) is 5.75 Å². The van der Waals surface area contributed by atoms with Crippen molar-refractivity contribution in [3.8, 4) is 5.75 Å². The standard InChI is InChI=1S/C21H19BrN2O4S/c1-14-12-17(8-11-20(14)22)23-21(25)15-4-3-5-19(13-15)29(26,27)24-16-6-9-18(28-2)10-7-16/h3-13,24H,1-2H3,(H,23,25). The van der Waals surface area contributed by atoms with Crippen LogP contribution >= 0.6 is 15.9 Å². The van der Waals surface area contributed by atoms with Gasteiger partial charge in [0.25, 0.3) is 15.9 Å². The highest BCUT2D eigenvalue weighted by Crippen LogP contribution is 2.22. The molecule has 29 heavy (non-hydrogen) atoms. The molecule has 3 rings (SSSR count). The van der Waals surface area contributed by atoms with E-state index in [2.05, 4.69) is 26.0 Å². The average molecular weight is 475 g/mol. The second-order valence-corrected chi connectivity index (χ2v) is 8.82. The molecule has 3 aromatic carbocycles. The molecule has 2 N–H and O–H groups in total. The van der Waals surface area contributed by atoms with Crippen LogP contribution in [0.2, 0.25) is 0 Å². The van der Waals surface area contributed by atoms with Crippen molar-refractivity contribution in [2.24, 2.45) is 0 Å². The topological polar surface area (TPSA) is 84.5 Å². The number of carbonyl (C=O) groups excluding carboxylic acids is 1. The third-order valence-corrected chi connectivity index (χ3v) is 6.43. The number of amides is 1. The Bertz CT molecular complexity index is 1150. The molecule has 0 aliphatic rings. The number of hydrogen-bond acceptors (Lipinski definition) is 4. The van der Waals surface area contributed by atoms with E-state index in [0.717, 1.165) is 10.0 Å². The molecule has 0 radical (unpaired) electrons. The van der Waals surface area contributed by atoms with Crippen LogP contribution in [0.15, 0.2) is 76.1 Å². The van der Waals surface area contributed by atoms with Crippen LogP contribution in [-0.2, 0) is 10.0 Å². The molecule has 0 fully saturated rings. The predicted octanol–water partition coefficient (Wildman–Crippen LogP) is 4.82.